The fourth-order valence-electron chi connectivity index (χ4n) is 1.83. The number of hydrogen-bond acceptors (Lipinski definition) is 4. The number of aromatic amines is 1. The molecule has 1 aromatic heterocycles. The van der Waals surface area contributed by atoms with Crippen LogP contribution in [-0.2, 0) is 0 Å². The quantitative estimate of drug-likeness (QED) is 0.853. The van der Waals surface area contributed by atoms with Gasteiger partial charge < -0.3 is 15.2 Å². The van der Waals surface area contributed by atoms with E-state index in [0.29, 0.717) is 16.3 Å². The maximum Gasteiger partial charge on any atom is 0.267 e. The van der Waals surface area contributed by atoms with Crippen molar-refractivity contribution < 1.29 is 0 Å². The summed E-state index contributed by atoms with van der Waals surface area (Å²) in [4.78, 5) is 20.3. The fraction of sp³-hybridized carbons (Fsp3) is 0.600. The molecule has 0 radical (unpaired) electrons. The van der Waals surface area contributed by atoms with E-state index in [1.54, 1.807) is 0 Å². The third-order valence-corrected chi connectivity index (χ3v) is 3.59. The molecule has 2 rings (SSSR count). The number of aromatic nitrogens is 2. The number of halogens is 1. The highest BCUT2D eigenvalue weighted by molar-refractivity contribution is 9.10. The average molecular weight is 287 g/mol. The normalized spacial score (nSPS) is 18.6. The van der Waals surface area contributed by atoms with E-state index in [2.05, 4.69) is 43.2 Å². The van der Waals surface area contributed by atoms with Crippen LogP contribution in [0, 0.1) is 0 Å². The van der Waals surface area contributed by atoms with Crippen molar-refractivity contribution >= 4 is 21.7 Å². The number of hydrogen-bond donors (Lipinski definition) is 2. The van der Waals surface area contributed by atoms with Crippen molar-refractivity contribution in [3.05, 3.63) is 21.2 Å². The molecule has 1 aliphatic heterocycles. The van der Waals surface area contributed by atoms with Crippen molar-refractivity contribution in [3.8, 4) is 0 Å². The van der Waals surface area contributed by atoms with E-state index in [9.17, 15) is 4.79 Å². The zero-order chi connectivity index (χ0) is 11.5. The third-order valence-electron chi connectivity index (χ3n) is 2.86. The van der Waals surface area contributed by atoms with Crippen LogP contribution in [0.5, 0.6) is 0 Å². The molecule has 0 saturated carbocycles. The van der Waals surface area contributed by atoms with E-state index in [0.717, 1.165) is 25.9 Å². The molecule has 1 fully saturated rings. The molecule has 0 aromatic carbocycles. The summed E-state index contributed by atoms with van der Waals surface area (Å²) in [7, 11) is 2.12. The molecular weight excluding hydrogens is 272 g/mol. The second-order valence-electron chi connectivity index (χ2n) is 4.12. The molecule has 1 aromatic rings. The number of rotatable bonds is 2. The zero-order valence-corrected chi connectivity index (χ0v) is 10.7. The predicted octanol–water partition coefficient (Wildman–Crippen LogP) is 1.04. The molecule has 2 heterocycles. The predicted molar refractivity (Wildman–Crippen MR) is 66.7 cm³/mol. The van der Waals surface area contributed by atoms with Crippen molar-refractivity contribution in [2.75, 3.05) is 25.5 Å². The first-order valence-electron chi connectivity index (χ1n) is 5.35. The van der Waals surface area contributed by atoms with Gasteiger partial charge in [0.05, 0.1) is 6.33 Å². The van der Waals surface area contributed by atoms with Gasteiger partial charge >= 0.3 is 0 Å². The zero-order valence-electron chi connectivity index (χ0n) is 9.16. The molecule has 5 nitrogen and oxygen atoms in total. The largest absolute Gasteiger partial charge is 0.366 e. The summed E-state index contributed by atoms with van der Waals surface area (Å²) in [6.45, 7) is 2.16. The summed E-state index contributed by atoms with van der Waals surface area (Å²) in [6.07, 6.45) is 3.58. The van der Waals surface area contributed by atoms with E-state index >= 15 is 0 Å². The SMILES string of the molecule is CN1CCC(Nc2nc[nH]c(=O)c2Br)CC1. The van der Waals surface area contributed by atoms with Gasteiger partial charge in [0, 0.05) is 6.04 Å². The monoisotopic (exact) mass is 286 g/mol. The molecule has 0 spiro atoms. The van der Waals surface area contributed by atoms with Crippen molar-refractivity contribution in [3.63, 3.8) is 0 Å². The van der Waals surface area contributed by atoms with Gasteiger partial charge in [-0.3, -0.25) is 4.79 Å². The molecule has 88 valence electrons. The summed E-state index contributed by atoms with van der Waals surface area (Å²) in [6, 6.07) is 0.404. The summed E-state index contributed by atoms with van der Waals surface area (Å²) in [5.41, 5.74) is -0.148. The standard InChI is InChI=1S/C10H15BrN4O/c1-15-4-2-7(3-5-15)14-9-8(11)10(16)13-6-12-9/h6-7H,2-5H2,1H3,(H2,12,13,14,16). The smallest absolute Gasteiger partial charge is 0.267 e. The van der Waals surface area contributed by atoms with Gasteiger partial charge in [0.25, 0.3) is 5.56 Å². The van der Waals surface area contributed by atoms with Gasteiger partial charge in [0.15, 0.2) is 0 Å². The minimum atomic E-state index is -0.148. The Hall–Kier alpha value is -0.880. The molecule has 1 aliphatic rings. The first-order chi connectivity index (χ1) is 7.66. The van der Waals surface area contributed by atoms with Crippen molar-refractivity contribution in [2.24, 2.45) is 0 Å². The topological polar surface area (TPSA) is 61.0 Å². The lowest BCUT2D eigenvalue weighted by atomic mass is 10.1. The van der Waals surface area contributed by atoms with Crippen LogP contribution in [0.1, 0.15) is 12.8 Å². The molecule has 0 bridgehead atoms. The van der Waals surface area contributed by atoms with Gasteiger partial charge in [-0.2, -0.15) is 0 Å². The maximum atomic E-state index is 11.3. The number of nitrogens with zero attached hydrogens (tertiary/aromatic N) is 2. The fourth-order valence-corrected chi connectivity index (χ4v) is 2.16. The van der Waals surface area contributed by atoms with Crippen LogP contribution in [0.4, 0.5) is 5.82 Å². The van der Waals surface area contributed by atoms with Gasteiger partial charge in [-0.05, 0) is 48.9 Å². The maximum absolute atomic E-state index is 11.3. The molecule has 0 aliphatic carbocycles. The highest BCUT2D eigenvalue weighted by Crippen LogP contribution is 2.18. The Morgan fingerprint density at radius 1 is 1.56 bits per heavy atom. The van der Waals surface area contributed by atoms with Gasteiger partial charge in [-0.1, -0.05) is 0 Å². The molecule has 16 heavy (non-hydrogen) atoms. The van der Waals surface area contributed by atoms with Crippen molar-refractivity contribution in [2.45, 2.75) is 18.9 Å². The first-order valence-corrected chi connectivity index (χ1v) is 6.14. The number of H-pyrrole nitrogens is 1. The summed E-state index contributed by atoms with van der Waals surface area (Å²) >= 11 is 3.24. The summed E-state index contributed by atoms with van der Waals surface area (Å²) in [5.74, 6) is 0.637. The molecule has 0 unspecified atom stereocenters. The Bertz CT molecular complexity index is 412. The Labute approximate surface area is 102 Å². The third kappa shape index (κ3) is 2.62. The van der Waals surface area contributed by atoms with E-state index in [4.69, 9.17) is 0 Å². The van der Waals surface area contributed by atoms with Crippen molar-refractivity contribution in [1.29, 1.82) is 0 Å². The molecule has 1 saturated heterocycles. The number of anilines is 1. The first kappa shape index (κ1) is 11.6. The van der Waals surface area contributed by atoms with E-state index in [-0.39, 0.29) is 5.56 Å². The number of piperidine rings is 1. The van der Waals surface area contributed by atoms with Gasteiger partial charge in [0.2, 0.25) is 0 Å². The van der Waals surface area contributed by atoms with E-state index < -0.39 is 0 Å². The van der Waals surface area contributed by atoms with Crippen LogP contribution < -0.4 is 10.9 Å². The highest BCUT2D eigenvalue weighted by Gasteiger charge is 2.18. The van der Waals surface area contributed by atoms with Gasteiger partial charge in [-0.25, -0.2) is 4.98 Å². The Kier molecular flexibility index (Phi) is 3.60. The molecule has 0 atom stereocenters. The van der Waals surface area contributed by atoms with Crippen LogP contribution >= 0.6 is 15.9 Å². The summed E-state index contributed by atoms with van der Waals surface area (Å²) in [5, 5.41) is 3.31. The van der Waals surface area contributed by atoms with Crippen LogP contribution in [0.15, 0.2) is 15.6 Å². The summed E-state index contributed by atoms with van der Waals surface area (Å²) < 4.78 is 0.480. The van der Waals surface area contributed by atoms with Crippen molar-refractivity contribution in [1.82, 2.24) is 14.9 Å². The number of likely N-dealkylation sites (tertiary alicyclic amines) is 1. The Morgan fingerprint density at radius 2 is 2.25 bits per heavy atom. The lowest BCUT2D eigenvalue weighted by molar-refractivity contribution is 0.263. The van der Waals surface area contributed by atoms with Gasteiger partial charge in [0.1, 0.15) is 10.3 Å². The van der Waals surface area contributed by atoms with Crippen LogP contribution in [0.25, 0.3) is 0 Å². The average Bonchev–Trinajstić information content (AvgIpc) is 2.28. The highest BCUT2D eigenvalue weighted by atomic mass is 79.9. The van der Waals surface area contributed by atoms with E-state index in [1.807, 2.05) is 0 Å². The Morgan fingerprint density at radius 3 is 2.94 bits per heavy atom. The molecule has 0 amide bonds. The van der Waals surface area contributed by atoms with Crippen LogP contribution in [0.3, 0.4) is 0 Å². The second-order valence-corrected chi connectivity index (χ2v) is 4.91. The Balaban J connectivity index is 2.04. The minimum absolute atomic E-state index is 0.148. The molecular formula is C10H15BrN4O. The minimum Gasteiger partial charge on any atom is -0.366 e. The molecule has 6 heteroatoms. The van der Waals surface area contributed by atoms with Crippen LogP contribution in [0.2, 0.25) is 0 Å². The van der Waals surface area contributed by atoms with Crippen LogP contribution in [-0.4, -0.2) is 41.0 Å². The lowest BCUT2D eigenvalue weighted by Gasteiger charge is -2.29. The lowest BCUT2D eigenvalue weighted by Crippen LogP contribution is -2.37. The second kappa shape index (κ2) is 4.97. The van der Waals surface area contributed by atoms with E-state index in [1.165, 1.54) is 6.33 Å². The van der Waals surface area contributed by atoms with Gasteiger partial charge in [-0.15, -0.1) is 0 Å². The number of nitrogens with one attached hydrogen (secondary N) is 2. The molecule has 2 N–H and O–H groups in total.